The summed E-state index contributed by atoms with van der Waals surface area (Å²) in [6.07, 6.45) is 0. The number of rotatable bonds is 9. The number of ether oxygens (including phenoxy) is 2. The zero-order chi connectivity index (χ0) is 10.9. The lowest BCUT2D eigenvalue weighted by Gasteiger charge is -2.13. The molecule has 14 heavy (non-hydrogen) atoms. The fraction of sp³-hybridized carbons (Fsp3) is 1.00. The quantitative estimate of drug-likeness (QED) is 0.524. The summed E-state index contributed by atoms with van der Waals surface area (Å²) < 4.78 is 34.6. The van der Waals surface area contributed by atoms with Crippen LogP contribution >= 0.6 is 0 Å². The standard InChI is InChI=1S/C8H17F2NO3/c1-13-4-5-14-3-2-11-6-8(9,10)7-12/h11-12H,2-7H2,1H3. The average molecular weight is 213 g/mol. The Morgan fingerprint density at radius 1 is 1.29 bits per heavy atom. The second-order valence-corrected chi connectivity index (χ2v) is 2.80. The molecule has 0 aromatic rings. The number of alkyl halides is 2. The van der Waals surface area contributed by atoms with Gasteiger partial charge in [0.2, 0.25) is 0 Å². The first-order valence-corrected chi connectivity index (χ1v) is 4.38. The lowest BCUT2D eigenvalue weighted by atomic mass is 10.3. The summed E-state index contributed by atoms with van der Waals surface area (Å²) in [6.45, 7) is -0.0345. The van der Waals surface area contributed by atoms with E-state index in [4.69, 9.17) is 14.6 Å². The van der Waals surface area contributed by atoms with Crippen LogP contribution in [0.15, 0.2) is 0 Å². The third kappa shape index (κ3) is 8.31. The molecule has 0 aromatic heterocycles. The van der Waals surface area contributed by atoms with Crippen molar-refractivity contribution in [2.75, 3.05) is 46.6 Å². The Morgan fingerprint density at radius 2 is 2.00 bits per heavy atom. The normalized spacial score (nSPS) is 12.0. The molecule has 6 heteroatoms. The minimum atomic E-state index is -3.05. The summed E-state index contributed by atoms with van der Waals surface area (Å²) in [7, 11) is 1.56. The molecule has 2 N–H and O–H groups in total. The molecule has 0 amide bonds. The third-order valence-corrected chi connectivity index (χ3v) is 1.47. The van der Waals surface area contributed by atoms with Crippen LogP contribution in [-0.4, -0.2) is 57.7 Å². The van der Waals surface area contributed by atoms with E-state index in [1.54, 1.807) is 7.11 Å². The van der Waals surface area contributed by atoms with E-state index in [0.717, 1.165) is 0 Å². The second kappa shape index (κ2) is 8.05. The van der Waals surface area contributed by atoms with E-state index in [1.165, 1.54) is 0 Å². The van der Waals surface area contributed by atoms with Crippen molar-refractivity contribution in [3.63, 3.8) is 0 Å². The molecule has 0 unspecified atom stereocenters. The molecule has 0 radical (unpaired) electrons. The van der Waals surface area contributed by atoms with Crippen molar-refractivity contribution in [2.24, 2.45) is 0 Å². The number of methoxy groups -OCH3 is 1. The predicted molar refractivity (Wildman–Crippen MR) is 47.6 cm³/mol. The summed E-state index contributed by atoms with van der Waals surface area (Å²) in [4.78, 5) is 0. The van der Waals surface area contributed by atoms with Crippen LogP contribution < -0.4 is 5.32 Å². The first-order valence-electron chi connectivity index (χ1n) is 4.38. The Balaban J connectivity index is 3.13. The van der Waals surface area contributed by atoms with Crippen LogP contribution in [0.2, 0.25) is 0 Å². The van der Waals surface area contributed by atoms with Crippen molar-refractivity contribution < 1.29 is 23.4 Å². The Bertz CT molecular complexity index is 136. The maximum atomic E-state index is 12.4. The number of halogens is 2. The largest absolute Gasteiger partial charge is 0.390 e. The second-order valence-electron chi connectivity index (χ2n) is 2.80. The molecule has 0 saturated heterocycles. The molecule has 0 heterocycles. The zero-order valence-electron chi connectivity index (χ0n) is 8.26. The summed E-state index contributed by atoms with van der Waals surface area (Å²) in [5, 5.41) is 10.7. The minimum Gasteiger partial charge on any atom is -0.390 e. The molecule has 0 fully saturated rings. The Labute approximate surface area is 82.2 Å². The van der Waals surface area contributed by atoms with Crippen LogP contribution in [0.1, 0.15) is 0 Å². The molecule has 0 aliphatic carbocycles. The summed E-state index contributed by atoms with van der Waals surface area (Å²) in [5.41, 5.74) is 0. The number of aliphatic hydroxyl groups is 1. The Morgan fingerprint density at radius 3 is 2.57 bits per heavy atom. The van der Waals surface area contributed by atoms with Gasteiger partial charge in [-0.1, -0.05) is 0 Å². The number of nitrogens with one attached hydrogen (secondary N) is 1. The smallest absolute Gasteiger partial charge is 0.282 e. The van der Waals surface area contributed by atoms with Crippen molar-refractivity contribution in [2.45, 2.75) is 5.92 Å². The van der Waals surface area contributed by atoms with E-state index in [2.05, 4.69) is 5.32 Å². The van der Waals surface area contributed by atoms with Gasteiger partial charge in [-0.15, -0.1) is 0 Å². The Kier molecular flexibility index (Phi) is 7.87. The van der Waals surface area contributed by atoms with E-state index in [0.29, 0.717) is 26.4 Å². The highest BCUT2D eigenvalue weighted by molar-refractivity contribution is 4.66. The van der Waals surface area contributed by atoms with Crippen LogP contribution in [0, 0.1) is 0 Å². The van der Waals surface area contributed by atoms with Crippen molar-refractivity contribution in [1.29, 1.82) is 0 Å². The summed E-state index contributed by atoms with van der Waals surface area (Å²) in [5.74, 6) is -3.05. The van der Waals surface area contributed by atoms with Gasteiger partial charge < -0.3 is 19.9 Å². The molecule has 4 nitrogen and oxygen atoms in total. The maximum absolute atomic E-state index is 12.4. The molecule has 0 saturated carbocycles. The van der Waals surface area contributed by atoms with Crippen LogP contribution in [0.25, 0.3) is 0 Å². The first kappa shape index (κ1) is 13.7. The van der Waals surface area contributed by atoms with Gasteiger partial charge in [0.15, 0.2) is 0 Å². The number of aliphatic hydroxyl groups excluding tert-OH is 1. The highest BCUT2D eigenvalue weighted by Crippen LogP contribution is 2.09. The third-order valence-electron chi connectivity index (χ3n) is 1.47. The van der Waals surface area contributed by atoms with Gasteiger partial charge in [0.05, 0.1) is 26.4 Å². The van der Waals surface area contributed by atoms with Gasteiger partial charge in [-0.05, 0) is 0 Å². The minimum absolute atomic E-state index is 0.333. The van der Waals surface area contributed by atoms with Gasteiger partial charge in [0, 0.05) is 13.7 Å². The SMILES string of the molecule is COCCOCCNCC(F)(F)CO. The monoisotopic (exact) mass is 213 g/mol. The fourth-order valence-electron chi connectivity index (χ4n) is 0.716. The molecule has 0 rings (SSSR count). The van der Waals surface area contributed by atoms with Crippen LogP contribution in [0.5, 0.6) is 0 Å². The average Bonchev–Trinajstić information content (AvgIpc) is 2.16. The van der Waals surface area contributed by atoms with E-state index in [1.807, 2.05) is 0 Å². The van der Waals surface area contributed by atoms with Gasteiger partial charge in [0.25, 0.3) is 5.92 Å². The van der Waals surface area contributed by atoms with E-state index >= 15 is 0 Å². The lowest BCUT2D eigenvalue weighted by molar-refractivity contribution is -0.0484. The van der Waals surface area contributed by atoms with Gasteiger partial charge in [0.1, 0.15) is 6.61 Å². The molecule has 0 atom stereocenters. The molecule has 0 aromatic carbocycles. The topological polar surface area (TPSA) is 50.7 Å². The van der Waals surface area contributed by atoms with Crippen molar-refractivity contribution >= 4 is 0 Å². The first-order chi connectivity index (χ1) is 6.62. The molecule has 0 aliphatic rings. The van der Waals surface area contributed by atoms with Crippen LogP contribution in [-0.2, 0) is 9.47 Å². The van der Waals surface area contributed by atoms with Crippen molar-refractivity contribution in [1.82, 2.24) is 5.32 Å². The molecule has 0 aliphatic heterocycles. The highest BCUT2D eigenvalue weighted by atomic mass is 19.3. The maximum Gasteiger partial charge on any atom is 0.282 e. The van der Waals surface area contributed by atoms with Gasteiger partial charge in [-0.25, -0.2) is 8.78 Å². The van der Waals surface area contributed by atoms with E-state index in [9.17, 15) is 8.78 Å². The lowest BCUT2D eigenvalue weighted by Crippen LogP contribution is -2.37. The fourth-order valence-corrected chi connectivity index (χ4v) is 0.716. The van der Waals surface area contributed by atoms with Crippen molar-refractivity contribution in [3.8, 4) is 0 Å². The van der Waals surface area contributed by atoms with Crippen molar-refractivity contribution in [3.05, 3.63) is 0 Å². The number of hydrogen-bond donors (Lipinski definition) is 2. The van der Waals surface area contributed by atoms with Gasteiger partial charge >= 0.3 is 0 Å². The predicted octanol–water partition coefficient (Wildman–Crippen LogP) is -0.133. The van der Waals surface area contributed by atoms with Gasteiger partial charge in [-0.3, -0.25) is 0 Å². The number of hydrogen-bond acceptors (Lipinski definition) is 4. The molecular weight excluding hydrogens is 196 g/mol. The molecular formula is C8H17F2NO3. The Hall–Kier alpha value is -0.300. The highest BCUT2D eigenvalue weighted by Gasteiger charge is 2.26. The van der Waals surface area contributed by atoms with Crippen LogP contribution in [0.3, 0.4) is 0 Å². The van der Waals surface area contributed by atoms with Crippen LogP contribution in [0.4, 0.5) is 8.78 Å². The molecule has 0 spiro atoms. The van der Waals surface area contributed by atoms with Gasteiger partial charge in [-0.2, -0.15) is 0 Å². The zero-order valence-corrected chi connectivity index (χ0v) is 8.26. The summed E-state index contributed by atoms with van der Waals surface area (Å²) >= 11 is 0. The molecule has 86 valence electrons. The molecule has 0 bridgehead atoms. The van der Waals surface area contributed by atoms with E-state index in [-0.39, 0.29) is 0 Å². The summed E-state index contributed by atoms with van der Waals surface area (Å²) in [6, 6.07) is 0. The van der Waals surface area contributed by atoms with E-state index < -0.39 is 19.1 Å².